The number of fused-ring (bicyclic) bond motifs is 1. The standard InChI is InChI=1S/C13H8Cl2N2/c14-12-7-11(13(15)17-16-12)10-6-5-8-3-1-2-4-9(8)10/h1-4,6-7H,5H2. The van der Waals surface area contributed by atoms with E-state index in [1.807, 2.05) is 12.1 Å². The van der Waals surface area contributed by atoms with Crippen LogP contribution in [-0.4, -0.2) is 10.2 Å². The Morgan fingerprint density at radius 3 is 2.71 bits per heavy atom. The van der Waals surface area contributed by atoms with E-state index in [0.29, 0.717) is 10.3 Å². The molecule has 0 atom stereocenters. The van der Waals surface area contributed by atoms with Gasteiger partial charge in [0, 0.05) is 5.56 Å². The summed E-state index contributed by atoms with van der Waals surface area (Å²) in [6, 6.07) is 10.0. The van der Waals surface area contributed by atoms with E-state index >= 15 is 0 Å². The second-order valence-electron chi connectivity index (χ2n) is 3.85. The predicted octanol–water partition coefficient (Wildman–Crippen LogP) is 3.77. The molecule has 1 heterocycles. The summed E-state index contributed by atoms with van der Waals surface area (Å²) in [5.74, 6) is 0. The lowest BCUT2D eigenvalue weighted by Crippen LogP contribution is -1.92. The van der Waals surface area contributed by atoms with Crippen LogP contribution in [0.3, 0.4) is 0 Å². The van der Waals surface area contributed by atoms with Crippen LogP contribution in [0.2, 0.25) is 10.3 Å². The number of hydrogen-bond donors (Lipinski definition) is 0. The number of allylic oxidation sites excluding steroid dienone is 1. The van der Waals surface area contributed by atoms with Crippen molar-refractivity contribution in [2.75, 3.05) is 0 Å². The van der Waals surface area contributed by atoms with Crippen LogP contribution in [-0.2, 0) is 6.42 Å². The van der Waals surface area contributed by atoms with Crippen LogP contribution in [0, 0.1) is 0 Å². The number of rotatable bonds is 1. The van der Waals surface area contributed by atoms with Crippen molar-refractivity contribution < 1.29 is 0 Å². The predicted molar refractivity (Wildman–Crippen MR) is 69.3 cm³/mol. The molecule has 1 aliphatic rings. The van der Waals surface area contributed by atoms with E-state index < -0.39 is 0 Å². The van der Waals surface area contributed by atoms with Crippen molar-refractivity contribution in [3.63, 3.8) is 0 Å². The number of nitrogens with zero attached hydrogens (tertiary/aromatic N) is 2. The maximum atomic E-state index is 6.07. The van der Waals surface area contributed by atoms with E-state index in [1.165, 1.54) is 11.1 Å². The first-order valence-corrected chi connectivity index (χ1v) is 5.99. The molecular formula is C13H8Cl2N2. The highest BCUT2D eigenvalue weighted by molar-refractivity contribution is 6.32. The molecule has 0 N–H and O–H groups in total. The molecule has 17 heavy (non-hydrogen) atoms. The van der Waals surface area contributed by atoms with Crippen molar-refractivity contribution in [2.45, 2.75) is 6.42 Å². The lowest BCUT2D eigenvalue weighted by atomic mass is 10.0. The van der Waals surface area contributed by atoms with Gasteiger partial charge in [0.15, 0.2) is 10.3 Å². The van der Waals surface area contributed by atoms with Gasteiger partial charge in [-0.3, -0.25) is 0 Å². The maximum Gasteiger partial charge on any atom is 0.159 e. The normalized spacial score (nSPS) is 13.4. The van der Waals surface area contributed by atoms with Crippen molar-refractivity contribution in [3.8, 4) is 0 Å². The van der Waals surface area contributed by atoms with Gasteiger partial charge >= 0.3 is 0 Å². The first-order valence-electron chi connectivity index (χ1n) is 5.23. The Hall–Kier alpha value is -1.38. The van der Waals surface area contributed by atoms with E-state index in [4.69, 9.17) is 23.2 Å². The van der Waals surface area contributed by atoms with Crippen LogP contribution in [0.15, 0.2) is 36.4 Å². The maximum absolute atomic E-state index is 6.07. The van der Waals surface area contributed by atoms with Crippen LogP contribution < -0.4 is 0 Å². The molecule has 0 bridgehead atoms. The van der Waals surface area contributed by atoms with Crippen LogP contribution >= 0.6 is 23.2 Å². The van der Waals surface area contributed by atoms with E-state index in [0.717, 1.165) is 17.6 Å². The van der Waals surface area contributed by atoms with Crippen molar-refractivity contribution in [3.05, 3.63) is 63.4 Å². The van der Waals surface area contributed by atoms with Gasteiger partial charge in [-0.05, 0) is 29.2 Å². The number of hydrogen-bond acceptors (Lipinski definition) is 2. The molecule has 0 fully saturated rings. The number of aromatic nitrogens is 2. The summed E-state index contributed by atoms with van der Waals surface area (Å²) in [6.07, 6.45) is 3.06. The summed E-state index contributed by atoms with van der Waals surface area (Å²) >= 11 is 11.9. The van der Waals surface area contributed by atoms with Gasteiger partial charge < -0.3 is 0 Å². The minimum Gasteiger partial charge on any atom is -0.137 e. The molecule has 1 aromatic heterocycles. The SMILES string of the molecule is Clc1cc(C2=CCc3ccccc32)c(Cl)nn1. The molecule has 0 amide bonds. The number of benzene rings is 1. The quantitative estimate of drug-likeness (QED) is 0.782. The van der Waals surface area contributed by atoms with Gasteiger partial charge in [0.25, 0.3) is 0 Å². The van der Waals surface area contributed by atoms with Crippen molar-refractivity contribution in [1.29, 1.82) is 0 Å². The fraction of sp³-hybridized carbons (Fsp3) is 0.0769. The summed E-state index contributed by atoms with van der Waals surface area (Å²) in [7, 11) is 0. The highest BCUT2D eigenvalue weighted by Gasteiger charge is 2.18. The van der Waals surface area contributed by atoms with E-state index in [9.17, 15) is 0 Å². The highest BCUT2D eigenvalue weighted by atomic mass is 35.5. The van der Waals surface area contributed by atoms with Gasteiger partial charge in [-0.1, -0.05) is 53.5 Å². The first kappa shape index (κ1) is 10.8. The molecule has 1 aliphatic carbocycles. The molecule has 0 unspecified atom stereocenters. The molecule has 2 nitrogen and oxygen atoms in total. The largest absolute Gasteiger partial charge is 0.159 e. The van der Waals surface area contributed by atoms with Crippen molar-refractivity contribution in [2.24, 2.45) is 0 Å². The molecule has 0 radical (unpaired) electrons. The zero-order chi connectivity index (χ0) is 11.8. The molecule has 1 aromatic carbocycles. The molecule has 0 saturated heterocycles. The van der Waals surface area contributed by atoms with Crippen LogP contribution in [0.25, 0.3) is 5.57 Å². The summed E-state index contributed by atoms with van der Waals surface area (Å²) in [5, 5.41) is 8.30. The minimum atomic E-state index is 0.356. The number of halogens is 2. The Labute approximate surface area is 109 Å². The van der Waals surface area contributed by atoms with Crippen LogP contribution in [0.5, 0.6) is 0 Å². The van der Waals surface area contributed by atoms with Gasteiger partial charge in [0.2, 0.25) is 0 Å². The Bertz CT molecular complexity index is 621. The smallest absolute Gasteiger partial charge is 0.137 e. The summed E-state index contributed by atoms with van der Waals surface area (Å²) in [6.45, 7) is 0. The van der Waals surface area contributed by atoms with Gasteiger partial charge in [-0.15, -0.1) is 10.2 Å². The Balaban J connectivity index is 2.16. The van der Waals surface area contributed by atoms with E-state index in [1.54, 1.807) is 6.07 Å². The zero-order valence-electron chi connectivity index (χ0n) is 8.82. The lowest BCUT2D eigenvalue weighted by molar-refractivity contribution is 1.03. The van der Waals surface area contributed by atoms with Crippen molar-refractivity contribution in [1.82, 2.24) is 10.2 Å². The average Bonchev–Trinajstić information content (AvgIpc) is 2.76. The third-order valence-corrected chi connectivity index (χ3v) is 3.31. The molecule has 0 aliphatic heterocycles. The topological polar surface area (TPSA) is 25.8 Å². The van der Waals surface area contributed by atoms with Gasteiger partial charge in [0.1, 0.15) is 0 Å². The van der Waals surface area contributed by atoms with E-state index in [2.05, 4.69) is 28.4 Å². The summed E-state index contributed by atoms with van der Waals surface area (Å²) in [5.41, 5.74) is 4.42. The second-order valence-corrected chi connectivity index (χ2v) is 4.60. The fourth-order valence-electron chi connectivity index (χ4n) is 2.08. The Morgan fingerprint density at radius 2 is 1.82 bits per heavy atom. The Morgan fingerprint density at radius 1 is 1.00 bits per heavy atom. The second kappa shape index (κ2) is 4.13. The molecule has 84 valence electrons. The first-order chi connectivity index (χ1) is 8.25. The highest BCUT2D eigenvalue weighted by Crippen LogP contribution is 2.35. The van der Waals surface area contributed by atoms with Gasteiger partial charge in [0.05, 0.1) is 0 Å². The Kier molecular flexibility index (Phi) is 2.61. The lowest BCUT2D eigenvalue weighted by Gasteiger charge is -2.07. The fourth-order valence-corrected chi connectivity index (χ4v) is 2.42. The third kappa shape index (κ3) is 1.84. The van der Waals surface area contributed by atoms with E-state index in [-0.39, 0.29) is 0 Å². The average molecular weight is 263 g/mol. The monoisotopic (exact) mass is 262 g/mol. The molecular weight excluding hydrogens is 255 g/mol. The minimum absolute atomic E-state index is 0.356. The van der Waals surface area contributed by atoms with Crippen LogP contribution in [0.4, 0.5) is 0 Å². The van der Waals surface area contributed by atoms with Crippen molar-refractivity contribution >= 4 is 28.8 Å². The molecule has 0 spiro atoms. The molecule has 0 saturated carbocycles. The molecule has 3 rings (SSSR count). The molecule has 2 aromatic rings. The molecule has 4 heteroatoms. The summed E-state index contributed by atoms with van der Waals surface area (Å²) in [4.78, 5) is 0. The summed E-state index contributed by atoms with van der Waals surface area (Å²) < 4.78 is 0. The zero-order valence-corrected chi connectivity index (χ0v) is 10.3. The van der Waals surface area contributed by atoms with Gasteiger partial charge in [-0.2, -0.15) is 0 Å². The van der Waals surface area contributed by atoms with Gasteiger partial charge in [-0.25, -0.2) is 0 Å². The third-order valence-electron chi connectivity index (χ3n) is 2.84. The van der Waals surface area contributed by atoms with Crippen LogP contribution in [0.1, 0.15) is 16.7 Å².